The maximum absolute atomic E-state index is 10.8. The number of nitrogens with two attached hydrogens (primary N) is 1. The Bertz CT molecular complexity index is 407. The monoisotopic (exact) mass is 269 g/mol. The predicted molar refractivity (Wildman–Crippen MR) is 73.2 cm³/mol. The highest BCUT2D eigenvalue weighted by molar-refractivity contribution is 7.99. The van der Waals surface area contributed by atoms with Crippen LogP contribution < -0.4 is 10.5 Å². The molecule has 0 aliphatic rings. The number of carboxylic acids is 1. The van der Waals surface area contributed by atoms with Gasteiger partial charge in [0, 0.05) is 4.90 Å². The van der Waals surface area contributed by atoms with Gasteiger partial charge in [-0.25, -0.2) is 0 Å². The Morgan fingerprint density at radius 3 is 2.89 bits per heavy atom. The van der Waals surface area contributed by atoms with Crippen LogP contribution in [-0.2, 0) is 4.79 Å². The lowest BCUT2D eigenvalue weighted by molar-refractivity contribution is -0.142. The van der Waals surface area contributed by atoms with Crippen LogP contribution in [0.4, 0.5) is 0 Å². The summed E-state index contributed by atoms with van der Waals surface area (Å²) in [6, 6.07) is 7.80. The van der Waals surface area contributed by atoms with Gasteiger partial charge in [0.25, 0.3) is 0 Å². The highest BCUT2D eigenvalue weighted by Crippen LogP contribution is 2.24. The Morgan fingerprint density at radius 2 is 2.28 bits per heavy atom. The fraction of sp³-hybridized carbons (Fsp3) is 0.462. The number of thioether (sulfide) groups is 1. The Balaban J connectivity index is 2.36. The minimum atomic E-state index is -1.13. The topological polar surface area (TPSA) is 72.5 Å². The summed E-state index contributed by atoms with van der Waals surface area (Å²) in [5.74, 6) is 0.718. The Morgan fingerprint density at radius 1 is 1.56 bits per heavy atom. The molecule has 0 bridgehead atoms. The molecule has 1 atom stereocenters. The molecule has 4 nitrogen and oxygen atoms in total. The lowest BCUT2D eigenvalue weighted by Gasteiger charge is -2.18. The number of methoxy groups -OCH3 is 1. The van der Waals surface area contributed by atoms with E-state index in [1.807, 2.05) is 24.3 Å². The maximum Gasteiger partial charge on any atom is 0.323 e. The Hall–Kier alpha value is -1.20. The molecule has 0 heterocycles. The van der Waals surface area contributed by atoms with Crippen molar-refractivity contribution in [1.82, 2.24) is 0 Å². The summed E-state index contributed by atoms with van der Waals surface area (Å²) in [6.07, 6.45) is 1.24. The molecule has 0 amide bonds. The van der Waals surface area contributed by atoms with Crippen LogP contribution in [0.3, 0.4) is 0 Å². The molecule has 18 heavy (non-hydrogen) atoms. The van der Waals surface area contributed by atoms with E-state index < -0.39 is 11.5 Å². The smallest absolute Gasteiger partial charge is 0.323 e. The highest BCUT2D eigenvalue weighted by Gasteiger charge is 2.26. The molecule has 0 saturated carbocycles. The van der Waals surface area contributed by atoms with Crippen molar-refractivity contribution >= 4 is 17.7 Å². The van der Waals surface area contributed by atoms with Crippen LogP contribution in [-0.4, -0.2) is 29.5 Å². The van der Waals surface area contributed by atoms with Gasteiger partial charge in [-0.2, -0.15) is 0 Å². The summed E-state index contributed by atoms with van der Waals surface area (Å²) in [5.41, 5.74) is 4.53. The quantitative estimate of drug-likeness (QED) is 0.587. The summed E-state index contributed by atoms with van der Waals surface area (Å²) in [6.45, 7) is 1.55. The number of benzene rings is 1. The van der Waals surface area contributed by atoms with Gasteiger partial charge in [0.15, 0.2) is 0 Å². The molecule has 0 aliphatic heterocycles. The zero-order valence-corrected chi connectivity index (χ0v) is 11.5. The van der Waals surface area contributed by atoms with Gasteiger partial charge in [-0.15, -0.1) is 11.8 Å². The van der Waals surface area contributed by atoms with E-state index in [4.69, 9.17) is 15.6 Å². The van der Waals surface area contributed by atoms with Crippen molar-refractivity contribution in [3.05, 3.63) is 24.3 Å². The first-order valence-corrected chi connectivity index (χ1v) is 6.73. The number of aliphatic carboxylic acids is 1. The largest absolute Gasteiger partial charge is 0.497 e. The zero-order valence-electron chi connectivity index (χ0n) is 10.7. The minimum absolute atomic E-state index is 0.472. The third kappa shape index (κ3) is 4.58. The third-order valence-corrected chi connectivity index (χ3v) is 3.72. The lowest BCUT2D eigenvalue weighted by Crippen LogP contribution is -2.44. The molecule has 1 aromatic rings. The van der Waals surface area contributed by atoms with Crippen LogP contribution in [0, 0.1) is 0 Å². The molecule has 0 spiro atoms. The first-order chi connectivity index (χ1) is 8.45. The lowest BCUT2D eigenvalue weighted by atomic mass is 9.98. The van der Waals surface area contributed by atoms with E-state index >= 15 is 0 Å². The SMILES string of the molecule is COc1cccc(SCCCC(C)(N)C(=O)O)c1. The standard InChI is InChI=1S/C13H19NO3S/c1-13(14,12(15)16)7-4-8-18-11-6-3-5-10(9-11)17-2/h3,5-6,9H,4,7-8,14H2,1-2H3,(H,15,16). The first-order valence-electron chi connectivity index (χ1n) is 5.75. The second-order valence-corrected chi connectivity index (χ2v) is 5.52. The molecule has 0 fully saturated rings. The van der Waals surface area contributed by atoms with Crippen LogP contribution >= 0.6 is 11.8 Å². The molecule has 1 unspecified atom stereocenters. The van der Waals surface area contributed by atoms with Gasteiger partial charge in [0.1, 0.15) is 11.3 Å². The molecule has 0 aliphatic carbocycles. The normalized spacial score (nSPS) is 13.9. The van der Waals surface area contributed by atoms with Crippen molar-refractivity contribution in [3.63, 3.8) is 0 Å². The molecule has 100 valence electrons. The van der Waals surface area contributed by atoms with Gasteiger partial charge in [-0.3, -0.25) is 4.79 Å². The van der Waals surface area contributed by atoms with Crippen LogP contribution in [0.5, 0.6) is 5.75 Å². The number of ether oxygens (including phenoxy) is 1. The minimum Gasteiger partial charge on any atom is -0.497 e. The molecular weight excluding hydrogens is 250 g/mol. The number of rotatable bonds is 7. The van der Waals surface area contributed by atoms with Crippen molar-refractivity contribution in [2.75, 3.05) is 12.9 Å². The van der Waals surface area contributed by atoms with Crippen molar-refractivity contribution < 1.29 is 14.6 Å². The number of hydrogen-bond donors (Lipinski definition) is 2. The van der Waals surface area contributed by atoms with Crippen LogP contribution in [0.1, 0.15) is 19.8 Å². The van der Waals surface area contributed by atoms with Crippen molar-refractivity contribution in [2.45, 2.75) is 30.2 Å². The molecule has 1 rings (SSSR count). The molecular formula is C13H19NO3S. The number of hydrogen-bond acceptors (Lipinski definition) is 4. The third-order valence-electron chi connectivity index (χ3n) is 2.64. The van der Waals surface area contributed by atoms with Gasteiger partial charge >= 0.3 is 5.97 Å². The second-order valence-electron chi connectivity index (χ2n) is 4.35. The number of carboxylic acid groups (broad SMARTS) is 1. The summed E-state index contributed by atoms with van der Waals surface area (Å²) in [5, 5.41) is 8.88. The predicted octanol–water partition coefficient (Wildman–Crippen LogP) is 2.37. The fourth-order valence-corrected chi connectivity index (χ4v) is 2.33. The number of carbonyl (C=O) groups is 1. The molecule has 0 radical (unpaired) electrons. The van der Waals surface area contributed by atoms with E-state index in [1.165, 1.54) is 0 Å². The molecule has 5 heteroatoms. The van der Waals surface area contributed by atoms with E-state index in [-0.39, 0.29) is 0 Å². The van der Waals surface area contributed by atoms with Crippen molar-refractivity contribution in [2.24, 2.45) is 5.73 Å². The van der Waals surface area contributed by atoms with E-state index in [9.17, 15) is 4.79 Å². The fourth-order valence-electron chi connectivity index (χ4n) is 1.43. The van der Waals surface area contributed by atoms with Gasteiger partial charge in [-0.1, -0.05) is 6.07 Å². The summed E-state index contributed by atoms with van der Waals surface area (Å²) in [7, 11) is 1.64. The highest BCUT2D eigenvalue weighted by atomic mass is 32.2. The first kappa shape index (κ1) is 14.9. The van der Waals surface area contributed by atoms with Crippen molar-refractivity contribution in [1.29, 1.82) is 0 Å². The average molecular weight is 269 g/mol. The van der Waals surface area contributed by atoms with Crippen LogP contribution in [0.2, 0.25) is 0 Å². The maximum atomic E-state index is 10.8. The molecule has 0 saturated heterocycles. The summed E-state index contributed by atoms with van der Waals surface area (Å²) < 4.78 is 5.14. The van der Waals surface area contributed by atoms with Gasteiger partial charge < -0.3 is 15.6 Å². The average Bonchev–Trinajstić information content (AvgIpc) is 2.35. The Labute approximate surface area is 112 Å². The van der Waals surface area contributed by atoms with E-state index in [0.717, 1.165) is 22.8 Å². The Kier molecular flexibility index (Phi) is 5.50. The van der Waals surface area contributed by atoms with Crippen LogP contribution in [0.25, 0.3) is 0 Å². The van der Waals surface area contributed by atoms with E-state index in [2.05, 4.69) is 0 Å². The molecule has 3 N–H and O–H groups in total. The van der Waals surface area contributed by atoms with Gasteiger partial charge in [0.05, 0.1) is 7.11 Å². The van der Waals surface area contributed by atoms with Crippen molar-refractivity contribution in [3.8, 4) is 5.75 Å². The summed E-state index contributed by atoms with van der Waals surface area (Å²) in [4.78, 5) is 11.9. The van der Waals surface area contributed by atoms with Gasteiger partial charge in [0.2, 0.25) is 0 Å². The van der Waals surface area contributed by atoms with Crippen LogP contribution in [0.15, 0.2) is 29.2 Å². The summed E-state index contributed by atoms with van der Waals surface area (Å²) >= 11 is 1.67. The van der Waals surface area contributed by atoms with E-state index in [0.29, 0.717) is 6.42 Å². The molecule has 0 aromatic heterocycles. The van der Waals surface area contributed by atoms with E-state index in [1.54, 1.807) is 25.8 Å². The van der Waals surface area contributed by atoms with Gasteiger partial charge in [-0.05, 0) is 43.7 Å². The molecule has 1 aromatic carbocycles. The second kappa shape index (κ2) is 6.66. The zero-order chi connectivity index (χ0) is 13.6.